The molecule has 0 aliphatic carbocycles. The van der Waals surface area contributed by atoms with Crippen LogP contribution >= 0.6 is 0 Å². The smallest absolute Gasteiger partial charge is 0.164 e. The van der Waals surface area contributed by atoms with Gasteiger partial charge in [0.05, 0.1) is 0 Å². The largest absolute Gasteiger partial charge is 0.316 e. The highest BCUT2D eigenvalue weighted by molar-refractivity contribution is 5.96. The summed E-state index contributed by atoms with van der Waals surface area (Å²) in [5.41, 5.74) is 0.218. The Labute approximate surface area is 100 Å². The van der Waals surface area contributed by atoms with Crippen LogP contribution in [0.4, 0.5) is 8.78 Å². The predicted octanol–water partition coefficient (Wildman–Crippen LogP) is 2.78. The van der Waals surface area contributed by atoms with Gasteiger partial charge in [-0.25, -0.2) is 8.78 Å². The average Bonchev–Trinajstić information content (AvgIpc) is 2.27. The Balaban J connectivity index is 2.44. The molecule has 0 amide bonds. The molecule has 1 rings (SSSR count). The molecule has 17 heavy (non-hydrogen) atoms. The van der Waals surface area contributed by atoms with Crippen molar-refractivity contribution in [2.75, 3.05) is 13.1 Å². The van der Waals surface area contributed by atoms with Crippen LogP contribution in [0.2, 0.25) is 0 Å². The van der Waals surface area contributed by atoms with Gasteiger partial charge in [-0.3, -0.25) is 4.79 Å². The van der Waals surface area contributed by atoms with Crippen molar-refractivity contribution in [3.8, 4) is 0 Å². The molecular weight excluding hydrogens is 224 g/mol. The van der Waals surface area contributed by atoms with Gasteiger partial charge in [-0.15, -0.1) is 0 Å². The summed E-state index contributed by atoms with van der Waals surface area (Å²) in [6, 6.07) is 3.23. The molecule has 0 bridgehead atoms. The van der Waals surface area contributed by atoms with Gasteiger partial charge in [0.25, 0.3) is 0 Å². The fourth-order valence-electron chi connectivity index (χ4n) is 1.41. The lowest BCUT2D eigenvalue weighted by Gasteiger charge is -2.06. The van der Waals surface area contributed by atoms with Crippen LogP contribution in [0.3, 0.4) is 0 Å². The zero-order valence-electron chi connectivity index (χ0n) is 10.1. The van der Waals surface area contributed by atoms with Crippen LogP contribution in [0.15, 0.2) is 18.2 Å². The van der Waals surface area contributed by atoms with Crippen molar-refractivity contribution >= 4 is 5.78 Å². The molecule has 0 atom stereocenters. The number of hydrogen-bond donors (Lipinski definition) is 1. The topological polar surface area (TPSA) is 29.1 Å². The third-order valence-corrected chi connectivity index (χ3v) is 2.32. The summed E-state index contributed by atoms with van der Waals surface area (Å²) in [7, 11) is 0. The summed E-state index contributed by atoms with van der Waals surface area (Å²) in [4.78, 5) is 11.6. The average molecular weight is 241 g/mol. The maximum atomic E-state index is 12.9. The monoisotopic (exact) mass is 241 g/mol. The van der Waals surface area contributed by atoms with Crippen LogP contribution in [0.25, 0.3) is 0 Å². The number of nitrogens with one attached hydrogen (secondary N) is 1. The summed E-state index contributed by atoms with van der Waals surface area (Å²) in [5, 5.41) is 3.12. The van der Waals surface area contributed by atoms with Crippen LogP contribution in [0.1, 0.15) is 30.6 Å². The van der Waals surface area contributed by atoms with Crippen molar-refractivity contribution in [2.45, 2.75) is 20.3 Å². The zero-order chi connectivity index (χ0) is 12.8. The zero-order valence-corrected chi connectivity index (χ0v) is 10.1. The highest BCUT2D eigenvalue weighted by Crippen LogP contribution is 2.10. The first kappa shape index (κ1) is 13.8. The number of hydrogen-bond acceptors (Lipinski definition) is 2. The number of halogens is 2. The molecule has 1 N–H and O–H groups in total. The second kappa shape index (κ2) is 6.45. The molecule has 2 nitrogen and oxygen atoms in total. The van der Waals surface area contributed by atoms with Gasteiger partial charge in [0.1, 0.15) is 0 Å². The van der Waals surface area contributed by atoms with E-state index in [-0.39, 0.29) is 17.8 Å². The molecule has 0 fully saturated rings. The number of carbonyl (C=O) groups is 1. The van der Waals surface area contributed by atoms with Gasteiger partial charge in [-0.05, 0) is 30.7 Å². The first-order chi connectivity index (χ1) is 8.00. The van der Waals surface area contributed by atoms with E-state index < -0.39 is 11.6 Å². The maximum absolute atomic E-state index is 12.9. The Kier molecular flexibility index (Phi) is 5.22. The summed E-state index contributed by atoms with van der Waals surface area (Å²) in [5.74, 6) is -1.57. The number of ketones is 1. The van der Waals surface area contributed by atoms with Gasteiger partial charge in [-0.1, -0.05) is 13.8 Å². The van der Waals surface area contributed by atoms with E-state index in [1.54, 1.807) is 0 Å². The van der Waals surface area contributed by atoms with Crippen molar-refractivity contribution in [3.05, 3.63) is 35.4 Å². The van der Waals surface area contributed by atoms with E-state index >= 15 is 0 Å². The second-order valence-corrected chi connectivity index (χ2v) is 4.40. The molecule has 0 aliphatic rings. The van der Waals surface area contributed by atoms with E-state index in [1.165, 1.54) is 6.07 Å². The minimum absolute atomic E-state index is 0.180. The molecule has 94 valence electrons. The summed E-state index contributed by atoms with van der Waals surface area (Å²) in [6.07, 6.45) is 0.289. The van der Waals surface area contributed by atoms with Gasteiger partial charge in [0.15, 0.2) is 17.4 Å². The van der Waals surface area contributed by atoms with Gasteiger partial charge in [0, 0.05) is 18.5 Å². The normalized spacial score (nSPS) is 10.9. The van der Waals surface area contributed by atoms with Crippen LogP contribution in [0.5, 0.6) is 0 Å². The Morgan fingerprint density at radius 2 is 2.00 bits per heavy atom. The molecular formula is C13H17F2NO. The molecule has 0 spiro atoms. The van der Waals surface area contributed by atoms with Crippen LogP contribution < -0.4 is 5.32 Å². The first-order valence-electron chi connectivity index (χ1n) is 5.69. The van der Waals surface area contributed by atoms with Crippen molar-refractivity contribution in [2.24, 2.45) is 5.92 Å². The lowest BCUT2D eigenvalue weighted by Crippen LogP contribution is -2.22. The summed E-state index contributed by atoms with van der Waals surface area (Å²) < 4.78 is 25.5. The minimum Gasteiger partial charge on any atom is -0.316 e. The first-order valence-corrected chi connectivity index (χ1v) is 5.69. The van der Waals surface area contributed by atoms with Crippen molar-refractivity contribution in [1.29, 1.82) is 0 Å². The fourth-order valence-corrected chi connectivity index (χ4v) is 1.41. The minimum atomic E-state index is -0.981. The lowest BCUT2D eigenvalue weighted by molar-refractivity contribution is 0.0982. The third-order valence-electron chi connectivity index (χ3n) is 2.32. The Morgan fingerprint density at radius 1 is 1.29 bits per heavy atom. The van der Waals surface area contributed by atoms with Gasteiger partial charge in [0.2, 0.25) is 0 Å². The van der Waals surface area contributed by atoms with Crippen molar-refractivity contribution < 1.29 is 13.6 Å². The molecule has 0 saturated carbocycles. The molecule has 1 aromatic carbocycles. The third kappa shape index (κ3) is 4.61. The van der Waals surface area contributed by atoms with Gasteiger partial charge in [-0.2, -0.15) is 0 Å². The van der Waals surface area contributed by atoms with Gasteiger partial charge >= 0.3 is 0 Å². The molecule has 0 heterocycles. The summed E-state index contributed by atoms with van der Waals surface area (Å²) in [6.45, 7) is 5.54. The molecule has 0 radical (unpaired) electrons. The molecule has 0 aliphatic heterocycles. The van der Waals surface area contributed by atoms with Crippen LogP contribution in [-0.4, -0.2) is 18.9 Å². The Hall–Kier alpha value is -1.29. The van der Waals surface area contributed by atoms with E-state index in [1.807, 2.05) is 0 Å². The highest BCUT2D eigenvalue weighted by Gasteiger charge is 2.09. The maximum Gasteiger partial charge on any atom is 0.164 e. The molecule has 0 aromatic heterocycles. The van der Waals surface area contributed by atoms with Crippen LogP contribution in [-0.2, 0) is 0 Å². The SMILES string of the molecule is CC(C)CNCCC(=O)c1ccc(F)c(F)c1. The standard InChI is InChI=1S/C13H17F2NO/c1-9(2)8-16-6-5-13(17)10-3-4-11(14)12(15)7-10/h3-4,7,9,16H,5-6,8H2,1-2H3. The fraction of sp³-hybridized carbons (Fsp3) is 0.462. The highest BCUT2D eigenvalue weighted by atomic mass is 19.2. The van der Waals surface area contributed by atoms with E-state index in [4.69, 9.17) is 0 Å². The van der Waals surface area contributed by atoms with Gasteiger partial charge < -0.3 is 5.32 Å². The Morgan fingerprint density at radius 3 is 2.59 bits per heavy atom. The number of carbonyl (C=O) groups excluding carboxylic acids is 1. The molecule has 0 unspecified atom stereocenters. The van der Waals surface area contributed by atoms with Crippen molar-refractivity contribution in [1.82, 2.24) is 5.32 Å². The quantitative estimate of drug-likeness (QED) is 0.613. The number of rotatable bonds is 6. The number of Topliss-reactive ketones (excluding diaryl/α,β-unsaturated/α-hetero) is 1. The van der Waals surface area contributed by atoms with E-state index in [2.05, 4.69) is 19.2 Å². The molecule has 0 saturated heterocycles. The van der Waals surface area contributed by atoms with E-state index in [9.17, 15) is 13.6 Å². The van der Waals surface area contributed by atoms with E-state index in [0.29, 0.717) is 12.5 Å². The predicted molar refractivity (Wildman–Crippen MR) is 63.0 cm³/mol. The Bertz CT molecular complexity index is 391. The number of benzene rings is 1. The summed E-state index contributed by atoms with van der Waals surface area (Å²) >= 11 is 0. The second-order valence-electron chi connectivity index (χ2n) is 4.40. The van der Waals surface area contributed by atoms with Crippen molar-refractivity contribution in [3.63, 3.8) is 0 Å². The van der Waals surface area contributed by atoms with Crippen LogP contribution in [0, 0.1) is 17.6 Å². The van der Waals surface area contributed by atoms with E-state index in [0.717, 1.165) is 18.7 Å². The molecule has 1 aromatic rings. The molecule has 4 heteroatoms. The lowest BCUT2D eigenvalue weighted by atomic mass is 10.1.